The summed E-state index contributed by atoms with van der Waals surface area (Å²) in [5, 5.41) is 20.7. The third kappa shape index (κ3) is 6.23. The van der Waals surface area contributed by atoms with E-state index in [0.29, 0.717) is 40.7 Å². The first-order valence-corrected chi connectivity index (χ1v) is 13.0. The highest BCUT2D eigenvalue weighted by atomic mass is 16.5. The number of hydrogen-bond acceptors (Lipinski definition) is 6. The maximum atomic E-state index is 12.0. The van der Waals surface area contributed by atoms with Gasteiger partial charge in [0.05, 0.1) is 27.2 Å². The van der Waals surface area contributed by atoms with Crippen LogP contribution in [0.15, 0.2) is 52.5 Å². The molecule has 1 aromatic carbocycles. The van der Waals surface area contributed by atoms with Crippen molar-refractivity contribution in [2.45, 2.75) is 63.5 Å². The van der Waals surface area contributed by atoms with Crippen molar-refractivity contribution in [3.05, 3.63) is 65.4 Å². The summed E-state index contributed by atoms with van der Waals surface area (Å²) in [5.74, 6) is 1.21. The van der Waals surface area contributed by atoms with E-state index in [4.69, 9.17) is 14.9 Å². The van der Waals surface area contributed by atoms with E-state index < -0.39 is 11.5 Å². The predicted molar refractivity (Wildman–Crippen MR) is 137 cm³/mol. The molecule has 1 saturated carbocycles. The van der Waals surface area contributed by atoms with Crippen LogP contribution in [-0.4, -0.2) is 52.9 Å². The number of primary amides is 1. The minimum Gasteiger partial charge on any atom is -0.493 e. The Balaban J connectivity index is 1.36. The van der Waals surface area contributed by atoms with E-state index in [1.165, 1.54) is 6.42 Å². The molecule has 3 N–H and O–H groups in total. The minimum atomic E-state index is -1.22. The lowest BCUT2D eigenvalue weighted by Gasteiger charge is -2.37. The molecule has 36 heavy (non-hydrogen) atoms. The summed E-state index contributed by atoms with van der Waals surface area (Å²) in [4.78, 5) is 11.2. The second kappa shape index (κ2) is 11.4. The molecule has 1 amide bonds. The number of allylic oxidation sites excluding steroid dienone is 2. The van der Waals surface area contributed by atoms with Crippen molar-refractivity contribution in [1.82, 2.24) is 10.2 Å². The Morgan fingerprint density at radius 2 is 1.92 bits per heavy atom. The summed E-state index contributed by atoms with van der Waals surface area (Å²) in [6, 6.07) is 6.84. The molecule has 2 aliphatic rings. The van der Waals surface area contributed by atoms with Crippen molar-refractivity contribution in [3.8, 4) is 5.75 Å². The van der Waals surface area contributed by atoms with Gasteiger partial charge in [-0.3, -0.25) is 4.79 Å². The Morgan fingerprint density at radius 1 is 1.17 bits per heavy atom. The van der Waals surface area contributed by atoms with Crippen LogP contribution >= 0.6 is 0 Å². The van der Waals surface area contributed by atoms with Gasteiger partial charge in [0.1, 0.15) is 5.75 Å². The van der Waals surface area contributed by atoms with Gasteiger partial charge in [-0.2, -0.15) is 0 Å². The van der Waals surface area contributed by atoms with Crippen molar-refractivity contribution in [3.63, 3.8) is 0 Å². The zero-order valence-corrected chi connectivity index (χ0v) is 21.5. The fourth-order valence-corrected chi connectivity index (χ4v) is 5.26. The maximum absolute atomic E-state index is 12.0. The van der Waals surface area contributed by atoms with E-state index in [2.05, 4.69) is 36.4 Å². The molecule has 0 aliphatic heterocycles. The van der Waals surface area contributed by atoms with Gasteiger partial charge in [-0.25, -0.2) is 0 Å². The van der Waals surface area contributed by atoms with Crippen LogP contribution < -0.4 is 10.5 Å². The number of hydrogen-bond donors (Lipinski definition) is 2. The number of carbonyl (C=O) groups is 1. The molecule has 2 aliphatic carbocycles. The molecule has 0 bridgehead atoms. The SMILES string of the molecule is C[N+](C)(CCCOc1ccc(C(N)=O)cc1)Cc1nnc(C(O)(C2=CCCC=C2)C2CCCCC2)o1. The number of benzene rings is 1. The van der Waals surface area contributed by atoms with E-state index in [1.54, 1.807) is 24.3 Å². The van der Waals surface area contributed by atoms with E-state index >= 15 is 0 Å². The van der Waals surface area contributed by atoms with Gasteiger partial charge in [0.25, 0.3) is 11.8 Å². The van der Waals surface area contributed by atoms with Gasteiger partial charge in [0, 0.05) is 17.9 Å². The molecular formula is C28H39N4O4+. The van der Waals surface area contributed by atoms with Crippen LogP contribution in [0.1, 0.15) is 73.5 Å². The van der Waals surface area contributed by atoms with E-state index in [9.17, 15) is 9.90 Å². The van der Waals surface area contributed by atoms with Crippen LogP contribution in [0.4, 0.5) is 0 Å². The number of carbonyl (C=O) groups excluding carboxylic acids is 1. The molecule has 1 unspecified atom stereocenters. The molecule has 2 aromatic rings. The molecule has 0 saturated heterocycles. The molecule has 0 spiro atoms. The predicted octanol–water partition coefficient (Wildman–Crippen LogP) is 4.26. The molecule has 4 rings (SSSR count). The standard InChI is InChI=1S/C28H38N4O4/c1-32(2,18-9-19-35-24-16-14-21(15-17-24)26(29)33)20-25-30-31-27(36-25)28(34,22-10-5-3-6-11-22)23-12-7-4-8-13-23/h5,10-11,14-17,23,34H,3-4,6-9,12-13,18-20H2,1-2H3,(H-,29,33)/p+1. The fraction of sp³-hybridized carbons (Fsp3) is 0.536. The first-order chi connectivity index (χ1) is 17.3. The third-order valence-corrected chi connectivity index (χ3v) is 7.30. The number of ether oxygens (including phenoxy) is 1. The Labute approximate surface area is 213 Å². The van der Waals surface area contributed by atoms with E-state index in [-0.39, 0.29) is 5.92 Å². The Hall–Kier alpha value is -2.97. The second-order valence-electron chi connectivity index (χ2n) is 10.6. The Kier molecular flexibility index (Phi) is 8.26. The van der Waals surface area contributed by atoms with Crippen molar-refractivity contribution in [1.29, 1.82) is 0 Å². The lowest BCUT2D eigenvalue weighted by atomic mass is 9.72. The summed E-state index contributed by atoms with van der Waals surface area (Å²) in [5.41, 5.74) is 5.41. The molecule has 1 fully saturated rings. The zero-order valence-electron chi connectivity index (χ0n) is 21.5. The molecule has 1 heterocycles. The van der Waals surface area contributed by atoms with Crippen LogP contribution in [0.5, 0.6) is 5.75 Å². The van der Waals surface area contributed by atoms with Crippen molar-refractivity contribution in [2.75, 3.05) is 27.2 Å². The van der Waals surface area contributed by atoms with E-state index in [0.717, 1.165) is 57.1 Å². The lowest BCUT2D eigenvalue weighted by molar-refractivity contribution is -0.905. The van der Waals surface area contributed by atoms with Gasteiger partial charge >= 0.3 is 0 Å². The molecule has 0 radical (unpaired) electrons. The van der Waals surface area contributed by atoms with Crippen molar-refractivity contribution in [2.24, 2.45) is 11.7 Å². The molecule has 8 heteroatoms. The highest BCUT2D eigenvalue weighted by Crippen LogP contribution is 2.45. The van der Waals surface area contributed by atoms with Crippen LogP contribution in [0, 0.1) is 5.92 Å². The largest absolute Gasteiger partial charge is 0.493 e. The number of amides is 1. The van der Waals surface area contributed by atoms with Gasteiger partial charge in [-0.15, -0.1) is 10.2 Å². The summed E-state index contributed by atoms with van der Waals surface area (Å²) < 4.78 is 12.6. The van der Waals surface area contributed by atoms with Gasteiger partial charge < -0.3 is 24.5 Å². The number of quaternary nitrogens is 1. The number of aromatic nitrogens is 2. The van der Waals surface area contributed by atoms with Gasteiger partial charge in [-0.1, -0.05) is 37.5 Å². The van der Waals surface area contributed by atoms with Crippen LogP contribution in [0.25, 0.3) is 0 Å². The topological polar surface area (TPSA) is 111 Å². The molecular weight excluding hydrogens is 456 g/mol. The lowest BCUT2D eigenvalue weighted by Crippen LogP contribution is -2.40. The summed E-state index contributed by atoms with van der Waals surface area (Å²) in [6.07, 6.45) is 14.4. The normalized spacial score (nSPS) is 18.5. The number of nitrogens with zero attached hydrogens (tertiary/aromatic N) is 3. The van der Waals surface area contributed by atoms with Gasteiger partial charge in [-0.05, 0) is 55.5 Å². The smallest absolute Gasteiger partial charge is 0.271 e. The monoisotopic (exact) mass is 495 g/mol. The maximum Gasteiger partial charge on any atom is 0.271 e. The fourth-order valence-electron chi connectivity index (χ4n) is 5.26. The van der Waals surface area contributed by atoms with Gasteiger partial charge in [0.2, 0.25) is 5.91 Å². The van der Waals surface area contributed by atoms with Crippen LogP contribution in [-0.2, 0) is 12.1 Å². The van der Waals surface area contributed by atoms with Gasteiger partial charge in [0.15, 0.2) is 12.1 Å². The molecule has 1 aromatic heterocycles. The third-order valence-electron chi connectivity index (χ3n) is 7.30. The quantitative estimate of drug-likeness (QED) is 0.356. The minimum absolute atomic E-state index is 0.0882. The highest BCUT2D eigenvalue weighted by molar-refractivity contribution is 5.92. The average Bonchev–Trinajstić information content (AvgIpc) is 3.35. The Morgan fingerprint density at radius 3 is 2.58 bits per heavy atom. The number of rotatable bonds is 11. The van der Waals surface area contributed by atoms with Crippen molar-refractivity contribution >= 4 is 5.91 Å². The molecule has 194 valence electrons. The Bertz CT molecular complexity index is 1080. The summed E-state index contributed by atoms with van der Waals surface area (Å²) in [7, 11) is 4.23. The first kappa shape index (κ1) is 26.1. The summed E-state index contributed by atoms with van der Waals surface area (Å²) in [6.45, 7) is 1.96. The van der Waals surface area contributed by atoms with Crippen LogP contribution in [0.3, 0.4) is 0 Å². The highest BCUT2D eigenvalue weighted by Gasteiger charge is 2.46. The van der Waals surface area contributed by atoms with Crippen LogP contribution in [0.2, 0.25) is 0 Å². The first-order valence-electron chi connectivity index (χ1n) is 13.0. The number of nitrogens with two attached hydrogens (primary N) is 1. The number of aliphatic hydroxyl groups is 1. The second-order valence-corrected chi connectivity index (χ2v) is 10.6. The summed E-state index contributed by atoms with van der Waals surface area (Å²) >= 11 is 0. The average molecular weight is 496 g/mol. The van der Waals surface area contributed by atoms with E-state index in [1.807, 2.05) is 6.08 Å². The molecule has 8 nitrogen and oxygen atoms in total. The molecule has 1 atom stereocenters. The van der Waals surface area contributed by atoms with Crippen molar-refractivity contribution < 1.29 is 23.5 Å². The zero-order chi connectivity index (χ0) is 25.6.